The van der Waals surface area contributed by atoms with Crippen LogP contribution >= 0.6 is 0 Å². The van der Waals surface area contributed by atoms with Crippen molar-refractivity contribution in [3.63, 3.8) is 0 Å². The molecule has 2 aromatic rings. The van der Waals surface area contributed by atoms with Crippen molar-refractivity contribution in [2.45, 2.75) is 0 Å². The summed E-state index contributed by atoms with van der Waals surface area (Å²) in [6.07, 6.45) is 0. The van der Waals surface area contributed by atoms with Crippen LogP contribution in [0.15, 0.2) is 18.2 Å². The first-order valence-electron chi connectivity index (χ1n) is 6.12. The largest absolute Gasteiger partial charge is 0.506 e. The predicted octanol–water partition coefficient (Wildman–Crippen LogP) is 2.36. The molecule has 0 aliphatic heterocycles. The van der Waals surface area contributed by atoms with Crippen LogP contribution in [-0.4, -0.2) is 39.5 Å². The Morgan fingerprint density at radius 2 is 1.67 bits per heavy atom. The average molecular weight is 292 g/mol. The summed E-state index contributed by atoms with van der Waals surface area (Å²) >= 11 is 0. The van der Waals surface area contributed by atoms with Gasteiger partial charge in [-0.3, -0.25) is 0 Å². The van der Waals surface area contributed by atoms with Crippen molar-refractivity contribution in [1.82, 2.24) is 0 Å². The van der Waals surface area contributed by atoms with Crippen molar-refractivity contribution in [1.29, 1.82) is 0 Å². The zero-order valence-electron chi connectivity index (χ0n) is 12.2. The minimum Gasteiger partial charge on any atom is -0.506 e. The third-order valence-corrected chi connectivity index (χ3v) is 3.19. The van der Waals surface area contributed by atoms with Gasteiger partial charge in [0.25, 0.3) is 0 Å². The maximum Gasteiger partial charge on any atom is 0.341 e. The van der Waals surface area contributed by atoms with Crippen molar-refractivity contribution in [3.8, 4) is 23.0 Å². The van der Waals surface area contributed by atoms with E-state index >= 15 is 0 Å². The molecule has 0 amide bonds. The molecular formula is C15H16O6. The Bertz CT molecular complexity index is 692. The Morgan fingerprint density at radius 3 is 2.19 bits per heavy atom. The van der Waals surface area contributed by atoms with Gasteiger partial charge in [-0.1, -0.05) is 6.07 Å². The molecule has 0 unspecified atom stereocenters. The molecule has 1 N–H and O–H groups in total. The number of carbonyl (C=O) groups excluding carboxylic acids is 1. The summed E-state index contributed by atoms with van der Waals surface area (Å²) in [6, 6.07) is 4.85. The van der Waals surface area contributed by atoms with Crippen molar-refractivity contribution >= 4 is 16.7 Å². The van der Waals surface area contributed by atoms with Crippen molar-refractivity contribution in [3.05, 3.63) is 23.8 Å². The number of methoxy groups -OCH3 is 4. The molecule has 0 heterocycles. The van der Waals surface area contributed by atoms with E-state index in [1.807, 2.05) is 0 Å². The van der Waals surface area contributed by atoms with Crippen LogP contribution in [-0.2, 0) is 4.74 Å². The Kier molecular flexibility index (Phi) is 4.07. The molecule has 0 saturated heterocycles. The number of phenolic OH excluding ortho intramolecular Hbond substituents is 1. The second-order valence-corrected chi connectivity index (χ2v) is 4.20. The van der Waals surface area contributed by atoms with Crippen LogP contribution in [0.2, 0.25) is 0 Å². The summed E-state index contributed by atoms with van der Waals surface area (Å²) in [5.74, 6) is 0.232. The predicted molar refractivity (Wildman–Crippen MR) is 76.6 cm³/mol. The first kappa shape index (κ1) is 14.8. The van der Waals surface area contributed by atoms with Crippen LogP contribution < -0.4 is 14.2 Å². The van der Waals surface area contributed by atoms with Gasteiger partial charge in [-0.25, -0.2) is 4.79 Å². The third kappa shape index (κ3) is 2.29. The van der Waals surface area contributed by atoms with Gasteiger partial charge in [0.15, 0.2) is 11.5 Å². The molecule has 0 atom stereocenters. The van der Waals surface area contributed by atoms with Crippen molar-refractivity contribution in [2.75, 3.05) is 28.4 Å². The monoisotopic (exact) mass is 292 g/mol. The lowest BCUT2D eigenvalue weighted by Crippen LogP contribution is -2.02. The minimum absolute atomic E-state index is 0.0514. The number of hydrogen-bond donors (Lipinski definition) is 1. The summed E-state index contributed by atoms with van der Waals surface area (Å²) < 4.78 is 20.5. The number of carbonyl (C=O) groups is 1. The molecule has 21 heavy (non-hydrogen) atoms. The Hall–Kier alpha value is -2.63. The highest BCUT2D eigenvalue weighted by Crippen LogP contribution is 2.47. The highest BCUT2D eigenvalue weighted by molar-refractivity contribution is 6.05. The summed E-state index contributed by atoms with van der Waals surface area (Å²) in [7, 11) is 5.66. The summed E-state index contributed by atoms with van der Waals surface area (Å²) in [6.45, 7) is 0. The van der Waals surface area contributed by atoms with Crippen LogP contribution in [0.1, 0.15) is 10.4 Å². The van der Waals surface area contributed by atoms with Gasteiger partial charge in [0.2, 0.25) is 5.75 Å². The fourth-order valence-electron chi connectivity index (χ4n) is 2.21. The van der Waals surface area contributed by atoms with Gasteiger partial charge in [-0.15, -0.1) is 0 Å². The number of aromatic hydroxyl groups is 1. The number of ether oxygens (including phenoxy) is 4. The molecule has 0 aliphatic rings. The number of esters is 1. The maximum absolute atomic E-state index is 11.7. The molecule has 2 aromatic carbocycles. The lowest BCUT2D eigenvalue weighted by atomic mass is 10.0. The molecule has 0 radical (unpaired) electrons. The summed E-state index contributed by atoms with van der Waals surface area (Å²) in [5, 5.41) is 11.4. The smallest absolute Gasteiger partial charge is 0.341 e. The van der Waals surface area contributed by atoms with Gasteiger partial charge in [0.05, 0.1) is 33.8 Å². The Balaban J connectivity index is 2.88. The topological polar surface area (TPSA) is 74.2 Å². The molecule has 0 saturated carbocycles. The summed E-state index contributed by atoms with van der Waals surface area (Å²) in [5.41, 5.74) is 0.0514. The van der Waals surface area contributed by atoms with Crippen molar-refractivity contribution in [2.24, 2.45) is 0 Å². The Morgan fingerprint density at radius 1 is 1.00 bits per heavy atom. The fourth-order valence-corrected chi connectivity index (χ4v) is 2.21. The molecule has 0 fully saturated rings. The minimum atomic E-state index is -0.633. The highest BCUT2D eigenvalue weighted by Gasteiger charge is 2.22. The van der Waals surface area contributed by atoms with Gasteiger partial charge in [0, 0.05) is 0 Å². The van der Waals surface area contributed by atoms with Crippen LogP contribution in [0.3, 0.4) is 0 Å². The van der Waals surface area contributed by atoms with Gasteiger partial charge >= 0.3 is 5.97 Å². The normalized spacial score (nSPS) is 10.3. The SMILES string of the molecule is COC(=O)c1ccc2cc(OC)c(OC)c(OC)c2c1O. The van der Waals surface area contributed by atoms with Crippen molar-refractivity contribution < 1.29 is 28.8 Å². The molecular weight excluding hydrogens is 276 g/mol. The quantitative estimate of drug-likeness (QED) is 0.872. The van der Waals surface area contributed by atoms with E-state index in [0.29, 0.717) is 22.3 Å². The molecule has 2 rings (SSSR count). The lowest BCUT2D eigenvalue weighted by Gasteiger charge is -2.16. The van der Waals surface area contributed by atoms with E-state index in [1.54, 1.807) is 12.1 Å². The van der Waals surface area contributed by atoms with Crippen LogP contribution in [0.5, 0.6) is 23.0 Å². The third-order valence-electron chi connectivity index (χ3n) is 3.19. The number of benzene rings is 2. The standard InChI is InChI=1S/C15H16O6/c1-18-10-7-8-5-6-9(15(17)21-4)12(16)11(8)14(20-3)13(10)19-2/h5-7,16H,1-4H3. The summed E-state index contributed by atoms with van der Waals surface area (Å²) in [4.78, 5) is 11.7. The molecule has 0 bridgehead atoms. The Labute approximate surface area is 121 Å². The van der Waals surface area contributed by atoms with E-state index in [9.17, 15) is 9.90 Å². The molecule has 0 aliphatic carbocycles. The van der Waals surface area contributed by atoms with Gasteiger partial charge in [-0.05, 0) is 17.5 Å². The van der Waals surface area contributed by atoms with E-state index in [2.05, 4.69) is 4.74 Å². The zero-order chi connectivity index (χ0) is 15.6. The van der Waals surface area contributed by atoms with Crippen LogP contribution in [0.4, 0.5) is 0 Å². The second kappa shape index (κ2) is 5.78. The highest BCUT2D eigenvalue weighted by atomic mass is 16.5. The van der Waals surface area contributed by atoms with Gasteiger partial charge < -0.3 is 24.1 Å². The second-order valence-electron chi connectivity index (χ2n) is 4.20. The molecule has 6 heteroatoms. The molecule has 0 spiro atoms. The van der Waals surface area contributed by atoms with E-state index in [0.717, 1.165) is 0 Å². The molecule has 0 aromatic heterocycles. The van der Waals surface area contributed by atoms with Gasteiger partial charge in [0.1, 0.15) is 11.3 Å². The molecule has 112 valence electrons. The average Bonchev–Trinajstić information content (AvgIpc) is 2.52. The maximum atomic E-state index is 11.7. The van der Waals surface area contributed by atoms with E-state index in [4.69, 9.17) is 14.2 Å². The fraction of sp³-hybridized carbons (Fsp3) is 0.267. The number of phenols is 1. The zero-order valence-corrected chi connectivity index (χ0v) is 12.2. The number of rotatable bonds is 4. The van der Waals surface area contributed by atoms with Gasteiger partial charge in [-0.2, -0.15) is 0 Å². The lowest BCUT2D eigenvalue weighted by molar-refractivity contribution is 0.0598. The van der Waals surface area contributed by atoms with E-state index in [1.165, 1.54) is 34.5 Å². The number of hydrogen-bond acceptors (Lipinski definition) is 6. The van der Waals surface area contributed by atoms with E-state index in [-0.39, 0.29) is 17.1 Å². The van der Waals surface area contributed by atoms with E-state index < -0.39 is 5.97 Å². The molecule has 6 nitrogen and oxygen atoms in total. The van der Waals surface area contributed by atoms with Crippen LogP contribution in [0.25, 0.3) is 10.8 Å². The first-order chi connectivity index (χ1) is 10.1. The first-order valence-corrected chi connectivity index (χ1v) is 6.12. The van der Waals surface area contributed by atoms with Crippen LogP contribution in [0, 0.1) is 0 Å². The number of fused-ring (bicyclic) bond motifs is 1.